The highest BCUT2D eigenvalue weighted by Crippen LogP contribution is 2.20. The molecule has 0 amide bonds. The van der Waals surface area contributed by atoms with E-state index >= 15 is 0 Å². The molecule has 0 aliphatic heterocycles. The van der Waals surface area contributed by atoms with Crippen molar-refractivity contribution in [1.82, 2.24) is 9.78 Å². The summed E-state index contributed by atoms with van der Waals surface area (Å²) >= 11 is 11.1. The Balaban J connectivity index is 2.37. The van der Waals surface area contributed by atoms with Gasteiger partial charge >= 0.3 is 0 Å². The van der Waals surface area contributed by atoms with E-state index in [1.807, 2.05) is 35.0 Å². The van der Waals surface area contributed by atoms with Crippen LogP contribution in [0.2, 0.25) is 5.02 Å². The Morgan fingerprint density at radius 2 is 2.00 bits per heavy atom. The second-order valence-electron chi connectivity index (χ2n) is 3.67. The van der Waals surface area contributed by atoms with Gasteiger partial charge in [0.2, 0.25) is 0 Å². The molecule has 0 spiro atoms. The second-order valence-corrected chi connectivity index (χ2v) is 4.52. The first-order valence-electron chi connectivity index (χ1n) is 5.26. The number of nitrogens with one attached hydrogen (secondary N) is 1. The van der Waals surface area contributed by atoms with Gasteiger partial charge in [0.15, 0.2) is 0 Å². The summed E-state index contributed by atoms with van der Waals surface area (Å²) in [6, 6.07) is 9.71. The Labute approximate surface area is 105 Å². The van der Waals surface area contributed by atoms with Gasteiger partial charge in [-0.3, -0.25) is 9.78 Å². The highest BCUT2D eigenvalue weighted by Gasteiger charge is 2.02. The third kappa shape index (κ3) is 2.36. The third-order valence-corrected chi connectivity index (χ3v) is 2.98. The number of H-pyrrole nitrogens is 1. The van der Waals surface area contributed by atoms with Crippen molar-refractivity contribution >= 4 is 23.8 Å². The quantitative estimate of drug-likeness (QED) is 0.809. The molecular weight excluding hydrogens is 240 g/mol. The summed E-state index contributed by atoms with van der Waals surface area (Å²) < 4.78 is 2.83. The Morgan fingerprint density at radius 1 is 1.31 bits per heavy atom. The Morgan fingerprint density at radius 3 is 2.62 bits per heavy atom. The van der Waals surface area contributed by atoms with E-state index in [2.05, 4.69) is 12.0 Å². The van der Waals surface area contributed by atoms with Crippen molar-refractivity contribution in [2.75, 3.05) is 0 Å². The van der Waals surface area contributed by atoms with Gasteiger partial charge in [-0.25, -0.2) is 0 Å². The highest BCUT2D eigenvalue weighted by molar-refractivity contribution is 7.71. The van der Waals surface area contributed by atoms with Crippen molar-refractivity contribution < 1.29 is 0 Å². The molecule has 2 aromatic rings. The first kappa shape index (κ1) is 11.4. The first-order chi connectivity index (χ1) is 7.70. The number of hydrogen-bond acceptors (Lipinski definition) is 1. The minimum Gasteiger partial charge on any atom is -0.297 e. The van der Waals surface area contributed by atoms with E-state index in [0.717, 1.165) is 33.9 Å². The van der Waals surface area contributed by atoms with Gasteiger partial charge in [0.25, 0.3) is 0 Å². The fraction of sp³-hybridized carbons (Fsp3) is 0.250. The maximum atomic E-state index is 5.85. The van der Waals surface area contributed by atoms with Crippen LogP contribution in [-0.4, -0.2) is 9.78 Å². The van der Waals surface area contributed by atoms with Gasteiger partial charge < -0.3 is 0 Å². The Kier molecular flexibility index (Phi) is 3.46. The predicted molar refractivity (Wildman–Crippen MR) is 70.4 cm³/mol. The van der Waals surface area contributed by atoms with E-state index < -0.39 is 0 Å². The van der Waals surface area contributed by atoms with Gasteiger partial charge in [0.05, 0.1) is 5.69 Å². The van der Waals surface area contributed by atoms with Crippen molar-refractivity contribution in [1.29, 1.82) is 0 Å². The fourth-order valence-corrected chi connectivity index (χ4v) is 1.98. The van der Waals surface area contributed by atoms with Crippen LogP contribution in [0.4, 0.5) is 0 Å². The van der Waals surface area contributed by atoms with Crippen LogP contribution in [0, 0.1) is 4.64 Å². The summed E-state index contributed by atoms with van der Waals surface area (Å²) in [6.45, 7) is 3.05. The topological polar surface area (TPSA) is 20.7 Å². The van der Waals surface area contributed by atoms with Crippen molar-refractivity contribution in [2.24, 2.45) is 0 Å². The maximum Gasteiger partial charge on any atom is 0.122 e. The molecule has 0 saturated carbocycles. The van der Waals surface area contributed by atoms with Crippen LogP contribution >= 0.6 is 23.8 Å². The van der Waals surface area contributed by atoms with E-state index in [9.17, 15) is 0 Å². The molecule has 1 aromatic carbocycles. The summed E-state index contributed by atoms with van der Waals surface area (Å²) in [5.41, 5.74) is 2.14. The number of aromatic amines is 1. The van der Waals surface area contributed by atoms with Gasteiger partial charge in [-0.05, 0) is 30.2 Å². The Hall–Kier alpha value is -1.06. The predicted octanol–water partition coefficient (Wildman–Crippen LogP) is 4.28. The minimum absolute atomic E-state index is 0.746. The largest absolute Gasteiger partial charge is 0.297 e. The molecule has 1 heterocycles. The molecule has 0 radical (unpaired) electrons. The highest BCUT2D eigenvalue weighted by atomic mass is 35.5. The van der Waals surface area contributed by atoms with Crippen molar-refractivity contribution in [3.8, 4) is 11.3 Å². The van der Waals surface area contributed by atoms with Crippen LogP contribution in [0.25, 0.3) is 11.3 Å². The molecule has 0 fully saturated rings. The van der Waals surface area contributed by atoms with Gasteiger partial charge in [0.1, 0.15) is 4.64 Å². The van der Waals surface area contributed by atoms with Crippen LogP contribution < -0.4 is 0 Å². The molecule has 0 saturated heterocycles. The molecule has 0 unspecified atom stereocenters. The lowest BCUT2D eigenvalue weighted by molar-refractivity contribution is 0.597. The summed E-state index contributed by atoms with van der Waals surface area (Å²) in [4.78, 5) is 0. The number of rotatable bonds is 3. The zero-order valence-corrected chi connectivity index (χ0v) is 10.6. The second kappa shape index (κ2) is 4.85. The number of aryl methyl sites for hydroxylation is 1. The average molecular weight is 253 g/mol. The lowest BCUT2D eigenvalue weighted by Gasteiger charge is -2.00. The lowest BCUT2D eigenvalue weighted by Crippen LogP contribution is -1.98. The fourth-order valence-electron chi connectivity index (χ4n) is 1.60. The number of hydrogen-bond donors (Lipinski definition) is 1. The smallest absolute Gasteiger partial charge is 0.122 e. The standard InChI is InChI=1S/C12H13ClN2S/c1-2-7-15-12(16)8-11(14-15)9-3-5-10(13)6-4-9/h3-6,8,14H,2,7H2,1H3. The minimum atomic E-state index is 0.746. The molecule has 0 bridgehead atoms. The summed E-state index contributed by atoms with van der Waals surface area (Å²) in [7, 11) is 0. The zero-order valence-electron chi connectivity index (χ0n) is 9.03. The molecule has 0 aliphatic rings. The maximum absolute atomic E-state index is 5.85. The van der Waals surface area contributed by atoms with Gasteiger partial charge in [-0.15, -0.1) is 0 Å². The molecular formula is C12H13ClN2S. The van der Waals surface area contributed by atoms with Crippen molar-refractivity contribution in [3.05, 3.63) is 40.0 Å². The summed E-state index contributed by atoms with van der Waals surface area (Å²) in [6.07, 6.45) is 1.06. The molecule has 84 valence electrons. The number of nitrogens with zero attached hydrogens (tertiary/aromatic N) is 1. The Bertz CT molecular complexity index is 525. The summed E-state index contributed by atoms with van der Waals surface area (Å²) in [5, 5.41) is 4.03. The number of halogens is 1. The van der Waals surface area contributed by atoms with E-state index in [1.54, 1.807) is 0 Å². The lowest BCUT2D eigenvalue weighted by atomic mass is 10.2. The third-order valence-electron chi connectivity index (χ3n) is 2.39. The van der Waals surface area contributed by atoms with Crippen LogP contribution in [0.15, 0.2) is 30.3 Å². The van der Waals surface area contributed by atoms with E-state index in [0.29, 0.717) is 0 Å². The van der Waals surface area contributed by atoms with Crippen LogP contribution in [0.3, 0.4) is 0 Å². The van der Waals surface area contributed by atoms with E-state index in [1.165, 1.54) is 0 Å². The molecule has 1 N–H and O–H groups in total. The van der Waals surface area contributed by atoms with Crippen LogP contribution in [-0.2, 0) is 6.54 Å². The normalized spacial score (nSPS) is 10.6. The van der Waals surface area contributed by atoms with Crippen LogP contribution in [0.1, 0.15) is 13.3 Å². The first-order valence-corrected chi connectivity index (χ1v) is 6.05. The molecule has 2 nitrogen and oxygen atoms in total. The summed E-state index contributed by atoms with van der Waals surface area (Å²) in [5.74, 6) is 0. The zero-order chi connectivity index (χ0) is 11.5. The van der Waals surface area contributed by atoms with Crippen LogP contribution in [0.5, 0.6) is 0 Å². The number of aromatic nitrogens is 2. The molecule has 1 aromatic heterocycles. The molecule has 0 atom stereocenters. The van der Waals surface area contributed by atoms with Crippen molar-refractivity contribution in [2.45, 2.75) is 19.9 Å². The molecule has 4 heteroatoms. The van der Waals surface area contributed by atoms with Crippen molar-refractivity contribution in [3.63, 3.8) is 0 Å². The molecule has 16 heavy (non-hydrogen) atoms. The number of benzene rings is 1. The monoisotopic (exact) mass is 252 g/mol. The van der Waals surface area contributed by atoms with E-state index in [4.69, 9.17) is 23.8 Å². The van der Waals surface area contributed by atoms with Gasteiger partial charge in [-0.2, -0.15) is 0 Å². The average Bonchev–Trinajstić information content (AvgIpc) is 2.62. The van der Waals surface area contributed by atoms with Gasteiger partial charge in [0, 0.05) is 11.6 Å². The molecule has 0 aliphatic carbocycles. The molecule has 2 rings (SSSR count). The van der Waals surface area contributed by atoms with E-state index in [-0.39, 0.29) is 0 Å². The van der Waals surface area contributed by atoms with Gasteiger partial charge in [-0.1, -0.05) is 42.9 Å². The SMILES string of the molecule is CCCn1[nH]c(-c2ccc(Cl)cc2)cc1=S.